The predicted octanol–water partition coefficient (Wildman–Crippen LogP) is 0.845. The first-order chi connectivity index (χ1) is 12.0. The van der Waals surface area contributed by atoms with E-state index in [1.54, 1.807) is 30.5 Å². The number of nitrogens with one attached hydrogen (secondary N) is 1. The fraction of sp³-hybridized carbons (Fsp3) is 0.389. The summed E-state index contributed by atoms with van der Waals surface area (Å²) < 4.78 is 0. The number of carbonyl (C=O) groups is 2. The summed E-state index contributed by atoms with van der Waals surface area (Å²) in [7, 11) is 0. The standard InChI is InChI=1S/C18H22N4O3/c1-14(24)15-2-4-17(5-3-15)20-18(25)16(12-19)13-22-8-6-21(7-9-22)10-11-23/h2-5,13,23H,6-11H2,1H3,(H,20,25)/b16-13-. The Labute approximate surface area is 147 Å². The number of aliphatic hydroxyl groups is 1. The summed E-state index contributed by atoms with van der Waals surface area (Å²) in [5, 5.41) is 20.9. The van der Waals surface area contributed by atoms with Crippen LogP contribution in [0.5, 0.6) is 0 Å². The van der Waals surface area contributed by atoms with Gasteiger partial charge in [-0.1, -0.05) is 0 Å². The molecule has 0 atom stereocenters. The van der Waals surface area contributed by atoms with Crippen LogP contribution in [0.4, 0.5) is 5.69 Å². The minimum Gasteiger partial charge on any atom is -0.395 e. The summed E-state index contributed by atoms with van der Waals surface area (Å²) in [4.78, 5) is 27.6. The summed E-state index contributed by atoms with van der Waals surface area (Å²) in [6.07, 6.45) is 1.58. The van der Waals surface area contributed by atoms with Crippen LogP contribution in [0.1, 0.15) is 17.3 Å². The molecular weight excluding hydrogens is 320 g/mol. The monoisotopic (exact) mass is 342 g/mol. The van der Waals surface area contributed by atoms with Crippen molar-refractivity contribution in [1.29, 1.82) is 5.26 Å². The van der Waals surface area contributed by atoms with Gasteiger partial charge in [0.15, 0.2) is 5.78 Å². The Hall–Kier alpha value is -2.69. The largest absolute Gasteiger partial charge is 0.395 e. The highest BCUT2D eigenvalue weighted by molar-refractivity contribution is 6.06. The number of piperazine rings is 1. The number of hydrogen-bond donors (Lipinski definition) is 2. The molecule has 0 aromatic heterocycles. The molecule has 1 aromatic carbocycles. The number of amides is 1. The molecule has 1 aliphatic rings. The Kier molecular flexibility index (Phi) is 6.69. The number of aliphatic hydroxyl groups excluding tert-OH is 1. The van der Waals surface area contributed by atoms with Crippen LogP contribution in [0.2, 0.25) is 0 Å². The van der Waals surface area contributed by atoms with Crippen LogP contribution >= 0.6 is 0 Å². The van der Waals surface area contributed by atoms with Gasteiger partial charge >= 0.3 is 0 Å². The first-order valence-electron chi connectivity index (χ1n) is 8.15. The van der Waals surface area contributed by atoms with Crippen molar-refractivity contribution in [3.63, 3.8) is 0 Å². The van der Waals surface area contributed by atoms with Crippen LogP contribution in [0.25, 0.3) is 0 Å². The maximum Gasteiger partial charge on any atom is 0.267 e. The predicted molar refractivity (Wildman–Crippen MR) is 93.9 cm³/mol. The fourth-order valence-electron chi connectivity index (χ4n) is 2.57. The van der Waals surface area contributed by atoms with Crippen LogP contribution in [0.3, 0.4) is 0 Å². The summed E-state index contributed by atoms with van der Waals surface area (Å²) in [5.41, 5.74) is 1.13. The molecule has 2 N–H and O–H groups in total. The zero-order valence-electron chi connectivity index (χ0n) is 14.2. The Morgan fingerprint density at radius 1 is 1.24 bits per heavy atom. The first kappa shape index (κ1) is 18.6. The molecule has 25 heavy (non-hydrogen) atoms. The van der Waals surface area contributed by atoms with Gasteiger partial charge in [-0.25, -0.2) is 0 Å². The first-order valence-corrected chi connectivity index (χ1v) is 8.15. The second kappa shape index (κ2) is 8.97. The molecule has 1 fully saturated rings. The van der Waals surface area contributed by atoms with Crippen molar-refractivity contribution in [1.82, 2.24) is 9.80 Å². The number of benzene rings is 1. The minimum absolute atomic E-state index is 0.0336. The van der Waals surface area contributed by atoms with Gasteiger partial charge < -0.3 is 15.3 Å². The summed E-state index contributed by atoms with van der Waals surface area (Å²) in [6, 6.07) is 8.47. The SMILES string of the molecule is CC(=O)c1ccc(NC(=O)/C(C#N)=C\N2CCN(CCO)CC2)cc1. The van der Waals surface area contributed by atoms with E-state index in [1.807, 2.05) is 11.0 Å². The smallest absolute Gasteiger partial charge is 0.267 e. The minimum atomic E-state index is -0.476. The molecule has 0 unspecified atom stereocenters. The zero-order valence-corrected chi connectivity index (χ0v) is 14.2. The summed E-state index contributed by atoms with van der Waals surface area (Å²) in [6.45, 7) is 5.21. The van der Waals surface area contributed by atoms with Gasteiger partial charge in [-0.2, -0.15) is 5.26 Å². The molecule has 0 spiro atoms. The van der Waals surface area contributed by atoms with Crippen LogP contribution in [0, 0.1) is 11.3 Å². The van der Waals surface area contributed by atoms with Gasteiger partial charge in [0.2, 0.25) is 0 Å². The molecule has 0 radical (unpaired) electrons. The van der Waals surface area contributed by atoms with E-state index < -0.39 is 5.91 Å². The third-order valence-electron chi connectivity index (χ3n) is 4.05. The molecule has 2 rings (SSSR count). The van der Waals surface area contributed by atoms with Crippen LogP contribution in [0.15, 0.2) is 36.0 Å². The topological polar surface area (TPSA) is 96.7 Å². The van der Waals surface area contributed by atoms with Crippen LogP contribution < -0.4 is 5.32 Å². The normalized spacial score (nSPS) is 15.6. The average Bonchev–Trinajstić information content (AvgIpc) is 2.61. The van der Waals surface area contributed by atoms with E-state index in [-0.39, 0.29) is 18.0 Å². The number of ketones is 1. The molecule has 1 aliphatic heterocycles. The Morgan fingerprint density at radius 3 is 2.40 bits per heavy atom. The lowest BCUT2D eigenvalue weighted by atomic mass is 10.1. The van der Waals surface area contributed by atoms with Gasteiger partial charge in [0.05, 0.1) is 6.61 Å². The molecule has 132 valence electrons. The van der Waals surface area contributed by atoms with Crippen LogP contribution in [-0.4, -0.2) is 65.9 Å². The zero-order chi connectivity index (χ0) is 18.2. The third kappa shape index (κ3) is 5.41. The lowest BCUT2D eigenvalue weighted by Crippen LogP contribution is -2.45. The number of β-amino-alcohol motifs (C(OH)–C–C–N with tert-alkyl or cyclic N) is 1. The maximum absolute atomic E-state index is 12.3. The van der Waals surface area contributed by atoms with Crippen molar-refractivity contribution in [3.05, 3.63) is 41.6 Å². The molecule has 0 aliphatic carbocycles. The van der Waals surface area contributed by atoms with Gasteiger partial charge in [-0.05, 0) is 31.2 Å². The lowest BCUT2D eigenvalue weighted by molar-refractivity contribution is -0.112. The molecule has 1 heterocycles. The molecule has 7 heteroatoms. The molecule has 0 saturated carbocycles. The van der Waals surface area contributed by atoms with Crippen molar-refractivity contribution >= 4 is 17.4 Å². The third-order valence-corrected chi connectivity index (χ3v) is 4.05. The van der Waals surface area contributed by atoms with E-state index in [0.29, 0.717) is 30.9 Å². The summed E-state index contributed by atoms with van der Waals surface area (Å²) in [5.74, 6) is -0.522. The van der Waals surface area contributed by atoms with Gasteiger partial charge in [0.1, 0.15) is 11.6 Å². The Bertz CT molecular complexity index is 683. The van der Waals surface area contributed by atoms with Crippen molar-refractivity contribution < 1.29 is 14.7 Å². The summed E-state index contributed by atoms with van der Waals surface area (Å²) >= 11 is 0. The quantitative estimate of drug-likeness (QED) is 0.452. The number of carbonyl (C=O) groups excluding carboxylic acids is 2. The molecule has 1 amide bonds. The number of nitrogens with zero attached hydrogens (tertiary/aromatic N) is 3. The van der Waals surface area contributed by atoms with E-state index in [2.05, 4.69) is 10.2 Å². The Morgan fingerprint density at radius 2 is 1.88 bits per heavy atom. The second-order valence-electron chi connectivity index (χ2n) is 5.84. The molecule has 7 nitrogen and oxygen atoms in total. The fourth-order valence-corrected chi connectivity index (χ4v) is 2.57. The van der Waals surface area contributed by atoms with E-state index in [0.717, 1.165) is 13.1 Å². The van der Waals surface area contributed by atoms with Crippen molar-refractivity contribution in [3.8, 4) is 6.07 Å². The molecule has 0 bridgehead atoms. The van der Waals surface area contributed by atoms with Crippen molar-refractivity contribution in [2.75, 3.05) is 44.6 Å². The highest BCUT2D eigenvalue weighted by Gasteiger charge is 2.17. The molecule has 1 aromatic rings. The molecule has 1 saturated heterocycles. The van der Waals surface area contributed by atoms with E-state index in [4.69, 9.17) is 5.11 Å². The number of Topliss-reactive ketones (excluding diaryl/α,β-unsaturated/α-hetero) is 1. The number of nitriles is 1. The van der Waals surface area contributed by atoms with Gasteiger partial charge in [-0.15, -0.1) is 0 Å². The van der Waals surface area contributed by atoms with Crippen molar-refractivity contribution in [2.24, 2.45) is 0 Å². The van der Waals surface area contributed by atoms with E-state index in [1.165, 1.54) is 6.92 Å². The van der Waals surface area contributed by atoms with Crippen LogP contribution in [-0.2, 0) is 4.79 Å². The number of hydrogen-bond acceptors (Lipinski definition) is 6. The lowest BCUT2D eigenvalue weighted by Gasteiger charge is -2.33. The van der Waals surface area contributed by atoms with Crippen molar-refractivity contribution in [2.45, 2.75) is 6.92 Å². The van der Waals surface area contributed by atoms with E-state index >= 15 is 0 Å². The molecular formula is C18H22N4O3. The van der Waals surface area contributed by atoms with Gasteiger partial charge in [0, 0.05) is 50.2 Å². The van der Waals surface area contributed by atoms with Gasteiger partial charge in [0.25, 0.3) is 5.91 Å². The number of rotatable bonds is 6. The average molecular weight is 342 g/mol. The Balaban J connectivity index is 1.96. The highest BCUT2D eigenvalue weighted by atomic mass is 16.3. The highest BCUT2D eigenvalue weighted by Crippen LogP contribution is 2.12. The second-order valence-corrected chi connectivity index (χ2v) is 5.84. The van der Waals surface area contributed by atoms with E-state index in [9.17, 15) is 14.9 Å². The maximum atomic E-state index is 12.3. The van der Waals surface area contributed by atoms with Gasteiger partial charge in [-0.3, -0.25) is 14.5 Å². The number of anilines is 1.